The summed E-state index contributed by atoms with van der Waals surface area (Å²) in [6.07, 6.45) is -6.81. The molecule has 0 radical (unpaired) electrons. The Morgan fingerprint density at radius 1 is 0.619 bits per heavy atom. The van der Waals surface area contributed by atoms with Crippen molar-refractivity contribution in [3.8, 4) is 0 Å². The Bertz CT molecular complexity index is 2030. The molecule has 63 heavy (non-hydrogen) atoms. The highest BCUT2D eigenvalue weighted by molar-refractivity contribution is 5.19. The van der Waals surface area contributed by atoms with Crippen LogP contribution in [0.2, 0.25) is 0 Å². The minimum absolute atomic E-state index is 0.115. The first-order valence-electron chi connectivity index (χ1n) is 21.9. The minimum Gasteiger partial charge on any atom is -0.374 e. The van der Waals surface area contributed by atoms with Gasteiger partial charge in [0, 0.05) is 5.56 Å². The van der Waals surface area contributed by atoms with E-state index in [1.54, 1.807) is 6.08 Å². The fourth-order valence-corrected chi connectivity index (χ4v) is 8.84. The minimum atomic E-state index is -0.984. The molecule has 13 nitrogen and oxygen atoms in total. The second-order valence-corrected chi connectivity index (χ2v) is 17.0. The van der Waals surface area contributed by atoms with Gasteiger partial charge in [-0.15, -0.1) is 6.58 Å². The average molecular weight is 867 g/mol. The third kappa shape index (κ3) is 10.3. The Kier molecular flexibility index (Phi) is 14.1. The maximum Gasteiger partial charge on any atom is 0.187 e. The van der Waals surface area contributed by atoms with Gasteiger partial charge < -0.3 is 61.6 Å². The number of hydrogen-bond donors (Lipinski definition) is 0. The summed E-state index contributed by atoms with van der Waals surface area (Å²) in [5, 5.41) is 0. The van der Waals surface area contributed by atoms with Crippen molar-refractivity contribution in [3.63, 3.8) is 0 Å². The molecule has 9 rings (SSSR count). The lowest BCUT2D eigenvalue weighted by Gasteiger charge is -2.46. The predicted molar refractivity (Wildman–Crippen MR) is 228 cm³/mol. The molecule has 5 saturated heterocycles. The van der Waals surface area contributed by atoms with E-state index >= 15 is 0 Å². The van der Waals surface area contributed by atoms with Crippen LogP contribution >= 0.6 is 0 Å². The molecule has 0 N–H and O–H groups in total. The molecule has 5 unspecified atom stereocenters. The molecule has 0 bridgehead atoms. The maximum absolute atomic E-state index is 7.16. The van der Waals surface area contributed by atoms with Gasteiger partial charge in [-0.2, -0.15) is 0 Å². The van der Waals surface area contributed by atoms with Crippen LogP contribution in [0.15, 0.2) is 134 Å². The standard InChI is InChI=1S/C50H58O13/c1-5-26-52-47-43-41(61-49(3,4)62-43)39(33(2)57-47)58-46-42(54-29-36-22-14-8-15-23-36)40(38(30-55-46)53-28-35-20-12-7-13-21-35)59-48-44-50(32-56-48,31-51-27-34-18-10-6-11-19-34)63-45(60-44)37-24-16-9-17-25-37/h5-25,33,38-48H,1,26-32H2,2-4H3/t33-,38-,39+,40?,41?,42?,43?,44?,45+,46+,47-,48+,50+/m1/s1. The summed E-state index contributed by atoms with van der Waals surface area (Å²) in [6, 6.07) is 39.8. The van der Waals surface area contributed by atoms with Crippen LogP contribution in [-0.2, 0) is 81.4 Å². The van der Waals surface area contributed by atoms with Gasteiger partial charge in [0.2, 0.25) is 0 Å². The van der Waals surface area contributed by atoms with Crippen molar-refractivity contribution in [1.29, 1.82) is 0 Å². The molecule has 13 heteroatoms. The van der Waals surface area contributed by atoms with E-state index in [0.29, 0.717) is 13.2 Å². The molecule has 0 aromatic heterocycles. The van der Waals surface area contributed by atoms with Crippen LogP contribution < -0.4 is 0 Å². The molecular formula is C50H58O13. The van der Waals surface area contributed by atoms with Gasteiger partial charge in [0.05, 0.1) is 52.4 Å². The highest BCUT2D eigenvalue weighted by Crippen LogP contribution is 2.47. The third-order valence-electron chi connectivity index (χ3n) is 11.9. The van der Waals surface area contributed by atoms with Crippen molar-refractivity contribution in [1.82, 2.24) is 0 Å². The Hall–Kier alpha value is -3.90. The fraction of sp³-hybridized carbons (Fsp3) is 0.480. The highest BCUT2D eigenvalue weighted by atomic mass is 16.8. The predicted octanol–water partition coefficient (Wildman–Crippen LogP) is 7.18. The van der Waals surface area contributed by atoms with Gasteiger partial charge >= 0.3 is 0 Å². The largest absolute Gasteiger partial charge is 0.374 e. The van der Waals surface area contributed by atoms with Crippen LogP contribution in [0.3, 0.4) is 0 Å². The van der Waals surface area contributed by atoms with Gasteiger partial charge in [0.25, 0.3) is 0 Å². The third-order valence-corrected chi connectivity index (χ3v) is 11.9. The normalized spacial score (nSPS) is 34.7. The molecule has 5 aliphatic rings. The molecule has 0 saturated carbocycles. The molecule has 0 amide bonds. The van der Waals surface area contributed by atoms with Crippen LogP contribution in [0.5, 0.6) is 0 Å². The van der Waals surface area contributed by atoms with Crippen LogP contribution in [-0.4, -0.2) is 106 Å². The monoisotopic (exact) mass is 866 g/mol. The van der Waals surface area contributed by atoms with Crippen molar-refractivity contribution in [3.05, 3.63) is 156 Å². The summed E-state index contributed by atoms with van der Waals surface area (Å²) < 4.78 is 86.1. The molecular weight excluding hydrogens is 809 g/mol. The van der Waals surface area contributed by atoms with Crippen molar-refractivity contribution < 1.29 is 61.6 Å². The summed E-state index contributed by atoms with van der Waals surface area (Å²) in [5.41, 5.74) is 2.89. The summed E-state index contributed by atoms with van der Waals surface area (Å²) in [6.45, 7) is 11.1. The van der Waals surface area contributed by atoms with Gasteiger partial charge in [-0.25, -0.2) is 0 Å². The van der Waals surface area contributed by atoms with Crippen LogP contribution in [0.1, 0.15) is 49.3 Å². The Balaban J connectivity index is 1.02. The maximum atomic E-state index is 7.16. The molecule has 4 aromatic rings. The molecule has 336 valence electrons. The molecule has 4 aromatic carbocycles. The van der Waals surface area contributed by atoms with Gasteiger partial charge in [0.1, 0.15) is 48.3 Å². The number of rotatable bonds is 18. The van der Waals surface area contributed by atoms with E-state index in [1.807, 2.05) is 142 Å². The van der Waals surface area contributed by atoms with E-state index in [4.69, 9.17) is 61.6 Å². The first-order chi connectivity index (χ1) is 30.8. The van der Waals surface area contributed by atoms with Crippen molar-refractivity contribution >= 4 is 0 Å². The van der Waals surface area contributed by atoms with E-state index < -0.39 is 85.4 Å². The average Bonchev–Trinajstić information content (AvgIpc) is 3.96. The summed E-state index contributed by atoms with van der Waals surface area (Å²) in [4.78, 5) is 0. The SMILES string of the molecule is C=CCO[C@@H]1O[C@H](C)[C@H](O[C@@H]2OC[C@@H](OCc3ccccc3)C(O[C@@H]3OC[C@]4(COCc5ccccc5)O[C@@H](c5ccccc5)OC34)C2OCc2ccccc2)C2OC(C)(C)OC21. The van der Waals surface area contributed by atoms with E-state index in [9.17, 15) is 0 Å². The second kappa shape index (κ2) is 20.1. The van der Waals surface area contributed by atoms with Gasteiger partial charge in [-0.05, 0) is 37.5 Å². The number of hydrogen-bond acceptors (Lipinski definition) is 13. The zero-order chi connectivity index (χ0) is 43.2. The van der Waals surface area contributed by atoms with E-state index in [2.05, 4.69) is 6.58 Å². The van der Waals surface area contributed by atoms with Gasteiger partial charge in [-0.1, -0.05) is 127 Å². The summed E-state index contributed by atoms with van der Waals surface area (Å²) >= 11 is 0. The summed E-state index contributed by atoms with van der Waals surface area (Å²) in [7, 11) is 0. The molecule has 5 fully saturated rings. The van der Waals surface area contributed by atoms with Crippen molar-refractivity contribution in [2.75, 3.05) is 26.4 Å². The second-order valence-electron chi connectivity index (χ2n) is 17.0. The Labute approximate surface area is 369 Å². The number of ether oxygens (including phenoxy) is 13. The Morgan fingerprint density at radius 3 is 1.89 bits per heavy atom. The zero-order valence-electron chi connectivity index (χ0n) is 36.0. The molecule has 13 atom stereocenters. The van der Waals surface area contributed by atoms with E-state index in [1.165, 1.54) is 0 Å². The number of benzene rings is 4. The quantitative estimate of drug-likeness (QED) is 0.0941. The van der Waals surface area contributed by atoms with Gasteiger partial charge in [-0.3, -0.25) is 0 Å². The first kappa shape index (κ1) is 44.3. The molecule has 5 aliphatic heterocycles. The Morgan fingerprint density at radius 2 is 1.22 bits per heavy atom. The first-order valence-corrected chi connectivity index (χ1v) is 21.9. The number of fused-ring (bicyclic) bond motifs is 2. The molecule has 5 heterocycles. The van der Waals surface area contributed by atoms with E-state index in [0.717, 1.165) is 22.3 Å². The lowest BCUT2D eigenvalue weighted by molar-refractivity contribution is -0.353. The lowest BCUT2D eigenvalue weighted by Crippen LogP contribution is -2.62. The van der Waals surface area contributed by atoms with Crippen LogP contribution in [0.4, 0.5) is 0 Å². The zero-order valence-corrected chi connectivity index (χ0v) is 36.0. The van der Waals surface area contributed by atoms with Crippen molar-refractivity contribution in [2.45, 2.75) is 126 Å². The molecule has 0 aliphatic carbocycles. The highest BCUT2D eigenvalue weighted by Gasteiger charge is 2.62. The lowest BCUT2D eigenvalue weighted by atomic mass is 9.98. The van der Waals surface area contributed by atoms with Gasteiger partial charge in [0.15, 0.2) is 30.9 Å². The smallest absolute Gasteiger partial charge is 0.187 e. The van der Waals surface area contributed by atoms with Crippen LogP contribution in [0.25, 0.3) is 0 Å². The van der Waals surface area contributed by atoms with Crippen molar-refractivity contribution in [2.24, 2.45) is 0 Å². The van der Waals surface area contributed by atoms with Crippen LogP contribution in [0, 0.1) is 0 Å². The van der Waals surface area contributed by atoms with E-state index in [-0.39, 0.29) is 33.0 Å². The molecule has 0 spiro atoms. The summed E-state index contributed by atoms with van der Waals surface area (Å²) in [5.74, 6) is -0.920. The fourth-order valence-electron chi connectivity index (χ4n) is 8.84. The topological polar surface area (TPSA) is 120 Å².